The van der Waals surface area contributed by atoms with Gasteiger partial charge in [-0.2, -0.15) is 15.5 Å². The summed E-state index contributed by atoms with van der Waals surface area (Å²) in [6, 6.07) is 18.0. The van der Waals surface area contributed by atoms with Gasteiger partial charge in [0.2, 0.25) is 0 Å². The fraction of sp³-hybridized carbons (Fsp3) is 0.158. The number of ether oxygens (including phenoxy) is 2. The second-order valence-electron chi connectivity index (χ2n) is 5.21. The van der Waals surface area contributed by atoms with E-state index in [1.165, 1.54) is 0 Å². The first-order chi connectivity index (χ1) is 12.2. The molecule has 0 N–H and O–H groups in total. The molecule has 1 aromatic heterocycles. The van der Waals surface area contributed by atoms with Gasteiger partial charge in [0.15, 0.2) is 6.04 Å². The number of nitrogens with zero attached hydrogens (tertiary/aromatic N) is 4. The zero-order chi connectivity index (χ0) is 17.6. The molecular weight excluding hydrogens is 316 g/mol. The minimum absolute atomic E-state index is 0.518. The smallest absolute Gasteiger partial charge is 0.199 e. The summed E-state index contributed by atoms with van der Waals surface area (Å²) in [7, 11) is 3.12. The zero-order valence-electron chi connectivity index (χ0n) is 13.9. The van der Waals surface area contributed by atoms with Crippen molar-refractivity contribution < 1.29 is 9.47 Å². The van der Waals surface area contributed by atoms with Crippen LogP contribution in [0.3, 0.4) is 0 Å². The van der Waals surface area contributed by atoms with Crippen LogP contribution in [0, 0.1) is 11.3 Å². The van der Waals surface area contributed by atoms with Crippen molar-refractivity contribution in [2.24, 2.45) is 10.2 Å². The summed E-state index contributed by atoms with van der Waals surface area (Å²) in [4.78, 5) is 4.50. The average molecular weight is 332 g/mol. The third-order valence-electron chi connectivity index (χ3n) is 3.69. The van der Waals surface area contributed by atoms with Crippen LogP contribution in [0.1, 0.15) is 11.7 Å². The van der Waals surface area contributed by atoms with Crippen LogP contribution in [0.4, 0.5) is 5.69 Å². The van der Waals surface area contributed by atoms with Crippen molar-refractivity contribution in [3.63, 3.8) is 0 Å². The lowest BCUT2D eigenvalue weighted by molar-refractivity contribution is 0.395. The van der Waals surface area contributed by atoms with Crippen LogP contribution in [-0.4, -0.2) is 19.2 Å². The van der Waals surface area contributed by atoms with Crippen LogP contribution in [0.2, 0.25) is 0 Å². The maximum absolute atomic E-state index is 9.44. The van der Waals surface area contributed by atoms with Crippen molar-refractivity contribution in [3.05, 3.63) is 60.3 Å². The number of benzene rings is 2. The second-order valence-corrected chi connectivity index (χ2v) is 5.21. The number of para-hydroxylation sites is 1. The standard InChI is InChI=1S/C19H16N4O2/c1-24-14-8-10-17(19(11-14)25-2)22-23-18(12-20)16-9-7-13-5-3-4-6-15(13)21-16/h3-11,18H,1-2H3. The highest BCUT2D eigenvalue weighted by molar-refractivity contribution is 5.78. The van der Waals surface area contributed by atoms with E-state index in [4.69, 9.17) is 9.47 Å². The molecule has 0 bridgehead atoms. The van der Waals surface area contributed by atoms with Gasteiger partial charge < -0.3 is 9.47 Å². The molecule has 3 rings (SSSR count). The van der Waals surface area contributed by atoms with E-state index in [-0.39, 0.29) is 0 Å². The molecule has 1 atom stereocenters. The molecule has 0 amide bonds. The lowest BCUT2D eigenvalue weighted by Gasteiger charge is -2.07. The average Bonchev–Trinajstić information content (AvgIpc) is 2.68. The Bertz CT molecular complexity index is 963. The van der Waals surface area contributed by atoms with Gasteiger partial charge in [0, 0.05) is 11.5 Å². The number of rotatable bonds is 5. The molecule has 2 aromatic carbocycles. The molecular formula is C19H16N4O2. The normalized spacial score (nSPS) is 12.0. The van der Waals surface area contributed by atoms with Gasteiger partial charge in [-0.15, -0.1) is 0 Å². The lowest BCUT2D eigenvalue weighted by Crippen LogP contribution is -1.95. The topological polar surface area (TPSA) is 79.9 Å². The molecule has 0 saturated carbocycles. The van der Waals surface area contributed by atoms with Gasteiger partial charge in [-0.3, -0.25) is 0 Å². The fourth-order valence-corrected chi connectivity index (χ4v) is 2.37. The van der Waals surface area contributed by atoms with Gasteiger partial charge in [-0.25, -0.2) is 4.98 Å². The number of aromatic nitrogens is 1. The monoisotopic (exact) mass is 332 g/mol. The molecule has 1 unspecified atom stereocenters. The van der Waals surface area contributed by atoms with Crippen molar-refractivity contribution in [3.8, 4) is 17.6 Å². The molecule has 25 heavy (non-hydrogen) atoms. The van der Waals surface area contributed by atoms with E-state index in [1.807, 2.05) is 30.3 Å². The Morgan fingerprint density at radius 1 is 1.04 bits per heavy atom. The van der Waals surface area contributed by atoms with Crippen LogP contribution < -0.4 is 9.47 Å². The highest BCUT2D eigenvalue weighted by Crippen LogP contribution is 2.32. The number of nitriles is 1. The number of pyridine rings is 1. The maximum Gasteiger partial charge on any atom is 0.199 e. The summed E-state index contributed by atoms with van der Waals surface area (Å²) < 4.78 is 10.4. The Hall–Kier alpha value is -3.46. The van der Waals surface area contributed by atoms with E-state index < -0.39 is 6.04 Å². The highest BCUT2D eigenvalue weighted by Gasteiger charge is 2.12. The Morgan fingerprint density at radius 2 is 1.88 bits per heavy atom. The first-order valence-corrected chi connectivity index (χ1v) is 7.63. The summed E-state index contributed by atoms with van der Waals surface area (Å²) >= 11 is 0. The van der Waals surface area contributed by atoms with Gasteiger partial charge in [-0.1, -0.05) is 24.3 Å². The summed E-state index contributed by atoms with van der Waals surface area (Å²) in [6.07, 6.45) is 0. The molecule has 0 spiro atoms. The second kappa shape index (κ2) is 7.41. The van der Waals surface area contributed by atoms with Gasteiger partial charge >= 0.3 is 0 Å². The van der Waals surface area contributed by atoms with Crippen molar-refractivity contribution in [2.75, 3.05) is 14.2 Å². The number of fused-ring (bicyclic) bond motifs is 1. The molecule has 124 valence electrons. The predicted molar refractivity (Wildman–Crippen MR) is 94.2 cm³/mol. The van der Waals surface area contributed by atoms with Gasteiger partial charge in [-0.05, 0) is 24.3 Å². The molecule has 6 nitrogen and oxygen atoms in total. The van der Waals surface area contributed by atoms with E-state index in [0.717, 1.165) is 10.9 Å². The molecule has 6 heteroatoms. The van der Waals surface area contributed by atoms with Crippen molar-refractivity contribution >= 4 is 16.6 Å². The van der Waals surface area contributed by atoms with Crippen LogP contribution in [0.25, 0.3) is 10.9 Å². The molecule has 3 aromatic rings. The van der Waals surface area contributed by atoms with E-state index in [2.05, 4.69) is 21.3 Å². The van der Waals surface area contributed by atoms with Crippen LogP contribution in [0.5, 0.6) is 11.5 Å². The van der Waals surface area contributed by atoms with Crippen molar-refractivity contribution in [2.45, 2.75) is 6.04 Å². The zero-order valence-corrected chi connectivity index (χ0v) is 13.9. The summed E-state index contributed by atoms with van der Waals surface area (Å²) in [5.41, 5.74) is 1.89. The van der Waals surface area contributed by atoms with E-state index in [9.17, 15) is 5.26 Å². The first kappa shape index (κ1) is 16.4. The number of hydrogen-bond donors (Lipinski definition) is 0. The quantitative estimate of drug-likeness (QED) is 0.639. The number of azo groups is 1. The van der Waals surface area contributed by atoms with Crippen LogP contribution >= 0.6 is 0 Å². The van der Waals surface area contributed by atoms with Gasteiger partial charge in [0.25, 0.3) is 0 Å². The van der Waals surface area contributed by atoms with Gasteiger partial charge in [0.1, 0.15) is 17.2 Å². The summed E-state index contributed by atoms with van der Waals surface area (Å²) in [5.74, 6) is 1.18. The molecule has 0 radical (unpaired) electrons. The Labute approximate surface area is 145 Å². The minimum atomic E-state index is -0.795. The third kappa shape index (κ3) is 3.56. The third-order valence-corrected chi connectivity index (χ3v) is 3.69. The lowest BCUT2D eigenvalue weighted by atomic mass is 10.1. The fourth-order valence-electron chi connectivity index (χ4n) is 2.37. The Balaban J connectivity index is 1.91. The largest absolute Gasteiger partial charge is 0.497 e. The first-order valence-electron chi connectivity index (χ1n) is 7.63. The van der Waals surface area contributed by atoms with E-state index >= 15 is 0 Å². The Morgan fingerprint density at radius 3 is 2.64 bits per heavy atom. The molecule has 0 aliphatic carbocycles. The van der Waals surface area contributed by atoms with E-state index in [0.29, 0.717) is 22.9 Å². The Kier molecular flexibility index (Phi) is 4.86. The molecule has 1 heterocycles. The minimum Gasteiger partial charge on any atom is -0.497 e. The van der Waals surface area contributed by atoms with Crippen molar-refractivity contribution in [1.29, 1.82) is 5.26 Å². The predicted octanol–water partition coefficient (Wildman–Crippen LogP) is 4.60. The SMILES string of the molecule is COc1ccc(N=NC(C#N)c2ccc3ccccc3n2)c(OC)c1. The number of methoxy groups -OCH3 is 2. The molecule has 0 fully saturated rings. The summed E-state index contributed by atoms with van der Waals surface area (Å²) in [5, 5.41) is 18.8. The maximum atomic E-state index is 9.44. The summed E-state index contributed by atoms with van der Waals surface area (Å²) in [6.45, 7) is 0. The molecule has 0 aliphatic heterocycles. The number of hydrogen-bond acceptors (Lipinski definition) is 6. The molecule has 0 aliphatic rings. The van der Waals surface area contributed by atoms with E-state index in [1.54, 1.807) is 38.5 Å². The van der Waals surface area contributed by atoms with Crippen molar-refractivity contribution in [1.82, 2.24) is 4.98 Å². The molecule has 0 saturated heterocycles. The van der Waals surface area contributed by atoms with Crippen LogP contribution in [0.15, 0.2) is 64.8 Å². The van der Waals surface area contributed by atoms with Crippen LogP contribution in [-0.2, 0) is 0 Å². The highest BCUT2D eigenvalue weighted by atomic mass is 16.5. The van der Waals surface area contributed by atoms with Gasteiger partial charge in [0.05, 0.1) is 31.5 Å².